The van der Waals surface area contributed by atoms with Gasteiger partial charge >= 0.3 is 0 Å². The number of aliphatic hydroxyl groups excluding tert-OH is 1. The van der Waals surface area contributed by atoms with E-state index in [4.69, 9.17) is 10.5 Å². The van der Waals surface area contributed by atoms with Crippen LogP contribution >= 0.6 is 0 Å². The summed E-state index contributed by atoms with van der Waals surface area (Å²) in [6.45, 7) is 1.15. The summed E-state index contributed by atoms with van der Waals surface area (Å²) in [7, 11) is 1.66. The summed E-state index contributed by atoms with van der Waals surface area (Å²) in [4.78, 5) is 13.9. The molecule has 1 amide bonds. The van der Waals surface area contributed by atoms with Gasteiger partial charge in [0.15, 0.2) is 0 Å². The summed E-state index contributed by atoms with van der Waals surface area (Å²) < 4.78 is 6.67. The zero-order chi connectivity index (χ0) is 12.4. The van der Waals surface area contributed by atoms with E-state index in [0.717, 1.165) is 0 Å². The molecule has 0 saturated carbocycles. The molecule has 1 aliphatic heterocycles. The molecule has 2 heterocycles. The first-order valence-electron chi connectivity index (χ1n) is 5.42. The minimum absolute atomic E-state index is 0.122. The third-order valence-electron chi connectivity index (χ3n) is 2.87. The number of aliphatic hydroxyl groups is 1. The van der Waals surface area contributed by atoms with Crippen molar-refractivity contribution in [1.82, 2.24) is 14.7 Å². The number of nitrogens with two attached hydrogens (primary N) is 1. The van der Waals surface area contributed by atoms with Crippen molar-refractivity contribution in [1.29, 1.82) is 0 Å². The molecule has 3 N–H and O–H groups in total. The lowest BCUT2D eigenvalue weighted by Crippen LogP contribution is -2.51. The van der Waals surface area contributed by atoms with Gasteiger partial charge in [-0.1, -0.05) is 0 Å². The highest BCUT2D eigenvalue weighted by Crippen LogP contribution is 2.16. The summed E-state index contributed by atoms with van der Waals surface area (Å²) in [5.41, 5.74) is 6.41. The Balaban J connectivity index is 2.24. The van der Waals surface area contributed by atoms with Gasteiger partial charge in [-0.25, -0.2) is 0 Å². The summed E-state index contributed by atoms with van der Waals surface area (Å²) in [6.07, 6.45) is 1.45. The number of nitrogen functional groups attached to an aromatic ring is 1. The minimum Gasteiger partial charge on any atom is -0.396 e. The fourth-order valence-electron chi connectivity index (χ4n) is 1.93. The van der Waals surface area contributed by atoms with Gasteiger partial charge in [0.2, 0.25) is 0 Å². The molecular weight excluding hydrogens is 224 g/mol. The van der Waals surface area contributed by atoms with Crippen LogP contribution < -0.4 is 5.73 Å². The molecule has 7 heteroatoms. The van der Waals surface area contributed by atoms with E-state index in [2.05, 4.69) is 5.10 Å². The number of aromatic nitrogens is 2. The van der Waals surface area contributed by atoms with E-state index in [9.17, 15) is 9.90 Å². The van der Waals surface area contributed by atoms with Crippen LogP contribution in [0.5, 0.6) is 0 Å². The largest absolute Gasteiger partial charge is 0.396 e. The highest BCUT2D eigenvalue weighted by atomic mass is 16.5. The Morgan fingerprint density at radius 3 is 3.12 bits per heavy atom. The lowest BCUT2D eigenvalue weighted by molar-refractivity contribution is -0.0188. The molecule has 0 bridgehead atoms. The number of amides is 1. The molecule has 2 rings (SSSR count). The predicted molar refractivity (Wildman–Crippen MR) is 60.3 cm³/mol. The highest BCUT2D eigenvalue weighted by molar-refractivity contribution is 5.97. The Hall–Kier alpha value is -1.60. The number of anilines is 1. The topological polar surface area (TPSA) is 93.6 Å². The van der Waals surface area contributed by atoms with Crippen LogP contribution in [0.1, 0.15) is 10.5 Å². The number of morpholine rings is 1. The Morgan fingerprint density at radius 1 is 1.76 bits per heavy atom. The van der Waals surface area contributed by atoms with Crippen molar-refractivity contribution in [2.75, 3.05) is 32.1 Å². The van der Waals surface area contributed by atoms with Gasteiger partial charge in [0.05, 0.1) is 37.7 Å². The van der Waals surface area contributed by atoms with Gasteiger partial charge in [-0.15, -0.1) is 0 Å². The Kier molecular flexibility index (Phi) is 3.30. The molecule has 1 aromatic heterocycles. The van der Waals surface area contributed by atoms with Gasteiger partial charge in [0, 0.05) is 13.6 Å². The van der Waals surface area contributed by atoms with Crippen LogP contribution in [0.3, 0.4) is 0 Å². The molecule has 17 heavy (non-hydrogen) atoms. The Labute approximate surface area is 98.8 Å². The second-order valence-corrected chi connectivity index (χ2v) is 3.98. The van der Waals surface area contributed by atoms with E-state index in [0.29, 0.717) is 31.1 Å². The number of carbonyl (C=O) groups is 1. The molecule has 1 fully saturated rings. The van der Waals surface area contributed by atoms with Crippen LogP contribution in [0.25, 0.3) is 0 Å². The SMILES string of the molecule is Cn1ncc(N)c1C(=O)N1CCOCC1CO. The van der Waals surface area contributed by atoms with Crippen LogP contribution in [0.2, 0.25) is 0 Å². The summed E-state index contributed by atoms with van der Waals surface area (Å²) in [6, 6.07) is -0.314. The second kappa shape index (κ2) is 4.72. The molecule has 1 saturated heterocycles. The van der Waals surface area contributed by atoms with Crippen LogP contribution in [-0.2, 0) is 11.8 Å². The van der Waals surface area contributed by atoms with E-state index in [1.165, 1.54) is 10.9 Å². The fraction of sp³-hybridized carbons (Fsp3) is 0.600. The molecule has 7 nitrogen and oxygen atoms in total. The number of hydrogen-bond donors (Lipinski definition) is 2. The molecule has 1 aromatic rings. The van der Waals surface area contributed by atoms with Crippen molar-refractivity contribution < 1.29 is 14.6 Å². The number of nitrogens with zero attached hydrogens (tertiary/aromatic N) is 3. The van der Waals surface area contributed by atoms with Crippen molar-refractivity contribution in [3.8, 4) is 0 Å². The van der Waals surface area contributed by atoms with Gasteiger partial charge in [0.1, 0.15) is 5.69 Å². The molecule has 94 valence electrons. The van der Waals surface area contributed by atoms with Gasteiger partial charge in [-0.3, -0.25) is 9.48 Å². The van der Waals surface area contributed by atoms with E-state index in [-0.39, 0.29) is 18.6 Å². The van der Waals surface area contributed by atoms with Crippen LogP contribution in [0, 0.1) is 0 Å². The van der Waals surface area contributed by atoms with Crippen molar-refractivity contribution in [3.63, 3.8) is 0 Å². The van der Waals surface area contributed by atoms with Crippen molar-refractivity contribution in [2.24, 2.45) is 7.05 Å². The molecule has 1 unspecified atom stereocenters. The third kappa shape index (κ3) is 2.11. The van der Waals surface area contributed by atoms with Crippen LogP contribution in [0.4, 0.5) is 5.69 Å². The molecule has 0 spiro atoms. The maximum Gasteiger partial charge on any atom is 0.274 e. The van der Waals surface area contributed by atoms with Gasteiger partial charge in [0.25, 0.3) is 5.91 Å². The zero-order valence-electron chi connectivity index (χ0n) is 9.67. The van der Waals surface area contributed by atoms with E-state index < -0.39 is 0 Å². The molecular formula is C10H16N4O3. The molecule has 1 atom stereocenters. The third-order valence-corrected chi connectivity index (χ3v) is 2.87. The summed E-state index contributed by atoms with van der Waals surface area (Å²) >= 11 is 0. The van der Waals surface area contributed by atoms with Crippen LogP contribution in [0.15, 0.2) is 6.20 Å². The van der Waals surface area contributed by atoms with E-state index in [1.54, 1.807) is 11.9 Å². The Morgan fingerprint density at radius 2 is 2.53 bits per heavy atom. The number of rotatable bonds is 2. The van der Waals surface area contributed by atoms with Gasteiger partial charge in [-0.05, 0) is 0 Å². The monoisotopic (exact) mass is 240 g/mol. The average Bonchev–Trinajstić information content (AvgIpc) is 2.68. The van der Waals surface area contributed by atoms with Gasteiger partial charge in [-0.2, -0.15) is 5.10 Å². The predicted octanol–water partition coefficient (Wildman–Crippen LogP) is -1.16. The first-order chi connectivity index (χ1) is 8.15. The van der Waals surface area contributed by atoms with E-state index in [1.807, 2.05) is 0 Å². The lowest BCUT2D eigenvalue weighted by atomic mass is 10.2. The fourth-order valence-corrected chi connectivity index (χ4v) is 1.93. The van der Waals surface area contributed by atoms with E-state index >= 15 is 0 Å². The van der Waals surface area contributed by atoms with Gasteiger partial charge < -0.3 is 20.5 Å². The lowest BCUT2D eigenvalue weighted by Gasteiger charge is -2.34. The first kappa shape index (κ1) is 11.9. The molecule has 1 aliphatic rings. The van der Waals surface area contributed by atoms with Crippen molar-refractivity contribution in [3.05, 3.63) is 11.9 Å². The smallest absolute Gasteiger partial charge is 0.274 e. The molecule has 0 radical (unpaired) electrons. The Bertz CT molecular complexity index is 398. The number of carbonyl (C=O) groups excluding carboxylic acids is 1. The summed E-state index contributed by atoms with van der Waals surface area (Å²) in [5.74, 6) is -0.218. The normalized spacial score (nSPS) is 20.6. The van der Waals surface area contributed by atoms with Crippen LogP contribution in [-0.4, -0.2) is 58.1 Å². The second-order valence-electron chi connectivity index (χ2n) is 3.98. The quantitative estimate of drug-likeness (QED) is 0.679. The number of ether oxygens (including phenoxy) is 1. The average molecular weight is 240 g/mol. The summed E-state index contributed by atoms with van der Waals surface area (Å²) in [5, 5.41) is 13.2. The maximum absolute atomic E-state index is 12.3. The highest BCUT2D eigenvalue weighted by Gasteiger charge is 2.30. The number of aryl methyl sites for hydroxylation is 1. The first-order valence-corrected chi connectivity index (χ1v) is 5.42. The molecule has 0 aliphatic carbocycles. The van der Waals surface area contributed by atoms with Crippen molar-refractivity contribution >= 4 is 11.6 Å². The minimum atomic E-state index is -0.314. The number of hydrogen-bond acceptors (Lipinski definition) is 5. The van der Waals surface area contributed by atoms with Crippen molar-refractivity contribution in [2.45, 2.75) is 6.04 Å². The maximum atomic E-state index is 12.3. The zero-order valence-corrected chi connectivity index (χ0v) is 9.67. The molecule has 0 aromatic carbocycles. The standard InChI is InChI=1S/C10H16N4O3/c1-13-9(8(11)4-12-13)10(16)14-2-3-17-6-7(14)5-15/h4,7,15H,2-3,5-6,11H2,1H3.